The number of para-hydroxylation sites is 1. The summed E-state index contributed by atoms with van der Waals surface area (Å²) in [6, 6.07) is 5.62. The first-order valence-corrected chi connectivity index (χ1v) is 9.27. The van der Waals surface area contributed by atoms with E-state index in [1.165, 1.54) is 0 Å². The van der Waals surface area contributed by atoms with Crippen LogP contribution in [0.3, 0.4) is 0 Å². The first-order valence-electron chi connectivity index (χ1n) is 9.27. The van der Waals surface area contributed by atoms with Gasteiger partial charge in [-0.2, -0.15) is 5.10 Å². The summed E-state index contributed by atoms with van der Waals surface area (Å²) in [6.45, 7) is 5.16. The number of nitrogens with zero attached hydrogens (tertiary/aromatic N) is 2. The Morgan fingerprint density at radius 1 is 1.35 bits per heavy atom. The maximum atomic E-state index is 12.8. The van der Waals surface area contributed by atoms with Gasteiger partial charge in [0.2, 0.25) is 5.91 Å². The fraction of sp³-hybridized carbons (Fsp3) is 0.526. The van der Waals surface area contributed by atoms with E-state index >= 15 is 0 Å². The lowest BCUT2D eigenvalue weighted by Gasteiger charge is -2.31. The maximum absolute atomic E-state index is 12.8. The number of benzene rings is 1. The Kier molecular flexibility index (Phi) is 6.22. The molecule has 140 valence electrons. The van der Waals surface area contributed by atoms with E-state index in [1.54, 1.807) is 6.20 Å². The van der Waals surface area contributed by atoms with Crippen LogP contribution < -0.4 is 5.32 Å². The minimum absolute atomic E-state index is 0.00424. The highest BCUT2D eigenvalue weighted by molar-refractivity contribution is 6.05. The number of fused-ring (bicyclic) bond motifs is 1. The van der Waals surface area contributed by atoms with Crippen molar-refractivity contribution in [1.82, 2.24) is 20.4 Å². The van der Waals surface area contributed by atoms with E-state index in [9.17, 15) is 9.59 Å². The average molecular weight is 358 g/mol. The number of nitrogens with one attached hydrogen (secondary N) is 2. The van der Waals surface area contributed by atoms with E-state index in [-0.39, 0.29) is 17.7 Å². The molecule has 7 heteroatoms. The van der Waals surface area contributed by atoms with Gasteiger partial charge in [-0.05, 0) is 32.3 Å². The van der Waals surface area contributed by atoms with Crippen molar-refractivity contribution in [3.05, 3.63) is 30.0 Å². The molecule has 0 bridgehead atoms. The largest absolute Gasteiger partial charge is 0.382 e. The van der Waals surface area contributed by atoms with Crippen molar-refractivity contribution in [2.24, 2.45) is 5.92 Å². The number of carbonyl (C=O) groups excluding carboxylic acids is 2. The molecule has 1 fully saturated rings. The third-order valence-electron chi connectivity index (χ3n) is 4.83. The number of H-pyrrole nitrogens is 1. The molecular weight excluding hydrogens is 332 g/mol. The van der Waals surface area contributed by atoms with E-state index in [0.717, 1.165) is 17.3 Å². The van der Waals surface area contributed by atoms with Gasteiger partial charge in [-0.3, -0.25) is 14.7 Å². The van der Waals surface area contributed by atoms with Gasteiger partial charge < -0.3 is 15.0 Å². The molecule has 1 saturated heterocycles. The highest BCUT2D eigenvalue weighted by atomic mass is 16.5. The summed E-state index contributed by atoms with van der Waals surface area (Å²) in [4.78, 5) is 26.9. The van der Waals surface area contributed by atoms with E-state index in [2.05, 4.69) is 15.5 Å². The Balaban J connectivity index is 1.49. The van der Waals surface area contributed by atoms with Crippen molar-refractivity contribution in [3.63, 3.8) is 0 Å². The molecule has 0 spiro atoms. The molecule has 0 radical (unpaired) electrons. The highest BCUT2D eigenvalue weighted by Crippen LogP contribution is 2.22. The molecule has 0 saturated carbocycles. The van der Waals surface area contributed by atoms with Crippen LogP contribution in [0.2, 0.25) is 0 Å². The zero-order valence-electron chi connectivity index (χ0n) is 15.2. The van der Waals surface area contributed by atoms with Crippen LogP contribution in [0.25, 0.3) is 10.9 Å². The lowest BCUT2D eigenvalue weighted by Crippen LogP contribution is -2.43. The molecule has 2 aromatic rings. The van der Waals surface area contributed by atoms with Gasteiger partial charge in [0.1, 0.15) is 0 Å². The molecule has 0 unspecified atom stereocenters. The SMILES string of the molecule is CCOCCCNC(=O)C1CCN(C(=O)c2cccc3cn[nH]c23)CC1. The number of rotatable bonds is 7. The monoisotopic (exact) mass is 358 g/mol. The molecule has 1 aromatic carbocycles. The van der Waals surface area contributed by atoms with E-state index in [0.29, 0.717) is 51.3 Å². The maximum Gasteiger partial charge on any atom is 0.256 e. The van der Waals surface area contributed by atoms with Crippen LogP contribution in [-0.4, -0.2) is 59.8 Å². The number of amides is 2. The molecule has 2 N–H and O–H groups in total. The summed E-state index contributed by atoms with van der Waals surface area (Å²) in [6.07, 6.45) is 3.93. The number of hydrogen-bond donors (Lipinski definition) is 2. The normalized spacial score (nSPS) is 15.3. The topological polar surface area (TPSA) is 87.3 Å². The van der Waals surface area contributed by atoms with Gasteiger partial charge in [0.15, 0.2) is 0 Å². The summed E-state index contributed by atoms with van der Waals surface area (Å²) < 4.78 is 5.27. The second-order valence-corrected chi connectivity index (χ2v) is 6.55. The molecule has 2 amide bonds. The first kappa shape index (κ1) is 18.4. The number of piperidine rings is 1. The number of ether oxygens (including phenoxy) is 1. The van der Waals surface area contributed by atoms with E-state index < -0.39 is 0 Å². The molecule has 3 rings (SSSR count). The van der Waals surface area contributed by atoms with Crippen LogP contribution in [0.5, 0.6) is 0 Å². The number of aromatic amines is 1. The van der Waals surface area contributed by atoms with E-state index in [1.807, 2.05) is 30.0 Å². The quantitative estimate of drug-likeness (QED) is 0.741. The predicted octanol–water partition coefficient (Wildman–Crippen LogP) is 1.96. The minimum atomic E-state index is -0.0194. The van der Waals surface area contributed by atoms with Crippen molar-refractivity contribution in [3.8, 4) is 0 Å². The Labute approximate surface area is 153 Å². The Hall–Kier alpha value is -2.41. The van der Waals surface area contributed by atoms with Crippen LogP contribution >= 0.6 is 0 Å². The first-order chi connectivity index (χ1) is 12.7. The molecule has 0 aliphatic carbocycles. The van der Waals surface area contributed by atoms with Crippen LogP contribution in [0.15, 0.2) is 24.4 Å². The highest BCUT2D eigenvalue weighted by Gasteiger charge is 2.28. The van der Waals surface area contributed by atoms with Gasteiger partial charge in [0.05, 0.1) is 17.3 Å². The third kappa shape index (κ3) is 4.22. The molecule has 1 aromatic heterocycles. The van der Waals surface area contributed by atoms with Crippen molar-refractivity contribution >= 4 is 22.7 Å². The fourth-order valence-electron chi connectivity index (χ4n) is 3.34. The zero-order valence-corrected chi connectivity index (χ0v) is 15.2. The molecule has 2 heterocycles. The Bertz CT molecular complexity index is 750. The minimum Gasteiger partial charge on any atom is -0.382 e. The smallest absolute Gasteiger partial charge is 0.256 e. The lowest BCUT2D eigenvalue weighted by atomic mass is 9.95. The summed E-state index contributed by atoms with van der Waals surface area (Å²) in [5.41, 5.74) is 1.41. The summed E-state index contributed by atoms with van der Waals surface area (Å²) in [7, 11) is 0. The molecule has 26 heavy (non-hydrogen) atoms. The van der Waals surface area contributed by atoms with Gasteiger partial charge in [0, 0.05) is 44.2 Å². The molecular formula is C19H26N4O3. The van der Waals surface area contributed by atoms with Crippen LogP contribution in [0.4, 0.5) is 0 Å². The molecule has 7 nitrogen and oxygen atoms in total. The second-order valence-electron chi connectivity index (χ2n) is 6.55. The molecule has 1 aliphatic heterocycles. The summed E-state index contributed by atoms with van der Waals surface area (Å²) in [5.74, 6) is 0.0637. The number of likely N-dealkylation sites (tertiary alicyclic amines) is 1. The van der Waals surface area contributed by atoms with Crippen molar-refractivity contribution in [1.29, 1.82) is 0 Å². The predicted molar refractivity (Wildman–Crippen MR) is 98.8 cm³/mol. The van der Waals surface area contributed by atoms with Gasteiger partial charge in [0.25, 0.3) is 5.91 Å². The van der Waals surface area contributed by atoms with Crippen LogP contribution in [0, 0.1) is 5.92 Å². The number of aromatic nitrogens is 2. The number of hydrogen-bond acceptors (Lipinski definition) is 4. The van der Waals surface area contributed by atoms with Crippen molar-refractivity contribution in [2.75, 3.05) is 32.8 Å². The van der Waals surface area contributed by atoms with E-state index in [4.69, 9.17) is 4.74 Å². The van der Waals surface area contributed by atoms with Crippen LogP contribution in [0.1, 0.15) is 36.5 Å². The summed E-state index contributed by atoms with van der Waals surface area (Å²) >= 11 is 0. The second kappa shape index (κ2) is 8.80. The third-order valence-corrected chi connectivity index (χ3v) is 4.83. The molecule has 0 atom stereocenters. The van der Waals surface area contributed by atoms with Gasteiger partial charge >= 0.3 is 0 Å². The van der Waals surface area contributed by atoms with Gasteiger partial charge in [-0.15, -0.1) is 0 Å². The van der Waals surface area contributed by atoms with Gasteiger partial charge in [-0.1, -0.05) is 12.1 Å². The summed E-state index contributed by atoms with van der Waals surface area (Å²) in [5, 5.41) is 10.8. The average Bonchev–Trinajstić information content (AvgIpc) is 3.16. The fourth-order valence-corrected chi connectivity index (χ4v) is 3.34. The Morgan fingerprint density at radius 2 is 2.15 bits per heavy atom. The van der Waals surface area contributed by atoms with Crippen molar-refractivity contribution in [2.45, 2.75) is 26.2 Å². The van der Waals surface area contributed by atoms with Crippen LogP contribution in [-0.2, 0) is 9.53 Å². The zero-order chi connectivity index (χ0) is 18.4. The standard InChI is InChI=1S/C19H26N4O3/c1-2-26-12-4-9-20-18(24)14-7-10-23(11-8-14)19(25)16-6-3-5-15-13-21-22-17(15)16/h3,5-6,13-14H,2,4,7-12H2,1H3,(H,20,24)(H,21,22). The van der Waals surface area contributed by atoms with Gasteiger partial charge in [-0.25, -0.2) is 0 Å². The molecule has 1 aliphatic rings. The van der Waals surface area contributed by atoms with Crippen molar-refractivity contribution < 1.29 is 14.3 Å². The lowest BCUT2D eigenvalue weighted by molar-refractivity contribution is -0.126. The number of carbonyl (C=O) groups is 2. The Morgan fingerprint density at radius 3 is 2.92 bits per heavy atom.